The predicted molar refractivity (Wildman–Crippen MR) is 88.1 cm³/mol. The first kappa shape index (κ1) is 16.0. The highest BCUT2D eigenvalue weighted by Crippen LogP contribution is 2.42. The number of rotatable bonds is 3. The molecule has 3 rings (SSSR count). The zero-order valence-corrected chi connectivity index (χ0v) is 13.8. The lowest BCUT2D eigenvalue weighted by Gasteiger charge is -2.46. The van der Waals surface area contributed by atoms with E-state index in [-0.39, 0.29) is 11.4 Å². The molecule has 3 heterocycles. The number of nitrogens with zero attached hydrogens (tertiary/aromatic N) is 4. The summed E-state index contributed by atoms with van der Waals surface area (Å²) in [6.07, 6.45) is 6.18. The third-order valence-corrected chi connectivity index (χ3v) is 5.44. The summed E-state index contributed by atoms with van der Waals surface area (Å²) in [5.41, 5.74) is 0.397. The van der Waals surface area contributed by atoms with Gasteiger partial charge in [-0.25, -0.2) is 4.98 Å². The monoisotopic (exact) mass is 320 g/mol. The number of hydrogen-bond donors (Lipinski definition) is 0. The Balaban J connectivity index is 1.69. The number of anilines is 1. The van der Waals surface area contributed by atoms with E-state index in [1.807, 2.05) is 0 Å². The number of ether oxygens (including phenoxy) is 1. The van der Waals surface area contributed by atoms with E-state index in [1.165, 1.54) is 52.1 Å². The molecule has 23 heavy (non-hydrogen) atoms. The van der Waals surface area contributed by atoms with Crippen molar-refractivity contribution < 1.29 is 9.66 Å². The van der Waals surface area contributed by atoms with Gasteiger partial charge in [0.1, 0.15) is 12.0 Å². The molecule has 7 nitrogen and oxygen atoms in total. The fraction of sp³-hybridized carbons (Fsp3) is 0.688. The Morgan fingerprint density at radius 3 is 2.39 bits per heavy atom. The Bertz CT molecular complexity index is 575. The molecular weight excluding hydrogens is 296 g/mol. The summed E-state index contributed by atoms with van der Waals surface area (Å²) in [6.45, 7) is 4.28. The Hall–Kier alpha value is -1.89. The molecule has 0 saturated carbocycles. The molecule has 2 fully saturated rings. The van der Waals surface area contributed by atoms with Crippen molar-refractivity contribution in [2.45, 2.75) is 25.7 Å². The zero-order chi connectivity index (χ0) is 16.4. The minimum atomic E-state index is -0.459. The SMILES string of the molecule is COc1cc(N2CCC3(CCN(C)CC3)CC2)ncc1[N+](=O)[O-]. The van der Waals surface area contributed by atoms with E-state index in [0.717, 1.165) is 18.9 Å². The highest BCUT2D eigenvalue weighted by molar-refractivity contribution is 5.53. The van der Waals surface area contributed by atoms with Gasteiger partial charge in [-0.05, 0) is 51.2 Å². The van der Waals surface area contributed by atoms with Crippen LogP contribution in [0.25, 0.3) is 0 Å². The van der Waals surface area contributed by atoms with Crippen LogP contribution in [0, 0.1) is 15.5 Å². The van der Waals surface area contributed by atoms with Gasteiger partial charge in [0.05, 0.1) is 12.0 Å². The van der Waals surface area contributed by atoms with Crippen molar-refractivity contribution in [2.24, 2.45) is 5.41 Å². The van der Waals surface area contributed by atoms with Gasteiger partial charge in [0.2, 0.25) is 5.75 Å². The second kappa shape index (κ2) is 6.31. The molecule has 0 atom stereocenters. The average Bonchev–Trinajstić information content (AvgIpc) is 2.58. The van der Waals surface area contributed by atoms with Crippen LogP contribution in [-0.2, 0) is 0 Å². The Kier molecular flexibility index (Phi) is 4.39. The van der Waals surface area contributed by atoms with E-state index < -0.39 is 4.92 Å². The van der Waals surface area contributed by atoms with Gasteiger partial charge in [-0.1, -0.05) is 0 Å². The number of nitro groups is 1. The normalized spacial score (nSPS) is 21.4. The van der Waals surface area contributed by atoms with Crippen LogP contribution in [0.5, 0.6) is 5.75 Å². The minimum absolute atomic E-state index is 0.0833. The number of aromatic nitrogens is 1. The van der Waals surface area contributed by atoms with Crippen molar-refractivity contribution in [3.8, 4) is 5.75 Å². The van der Waals surface area contributed by atoms with Gasteiger partial charge in [-0.3, -0.25) is 10.1 Å². The summed E-state index contributed by atoms with van der Waals surface area (Å²) in [5.74, 6) is 1.05. The van der Waals surface area contributed by atoms with Gasteiger partial charge in [0.15, 0.2) is 0 Å². The number of methoxy groups -OCH3 is 1. The van der Waals surface area contributed by atoms with E-state index in [1.54, 1.807) is 6.07 Å². The maximum Gasteiger partial charge on any atom is 0.329 e. The quantitative estimate of drug-likeness (QED) is 0.628. The van der Waals surface area contributed by atoms with Crippen LogP contribution >= 0.6 is 0 Å². The summed E-state index contributed by atoms with van der Waals surface area (Å²) in [5, 5.41) is 11.0. The minimum Gasteiger partial charge on any atom is -0.490 e. The van der Waals surface area contributed by atoms with Crippen molar-refractivity contribution in [3.05, 3.63) is 22.4 Å². The molecule has 126 valence electrons. The summed E-state index contributed by atoms with van der Waals surface area (Å²) in [6, 6.07) is 1.69. The molecule has 0 bridgehead atoms. The highest BCUT2D eigenvalue weighted by atomic mass is 16.6. The van der Waals surface area contributed by atoms with Crippen LogP contribution in [0.4, 0.5) is 11.5 Å². The zero-order valence-electron chi connectivity index (χ0n) is 13.8. The Morgan fingerprint density at radius 2 is 1.83 bits per heavy atom. The summed E-state index contributed by atoms with van der Waals surface area (Å²) >= 11 is 0. The lowest BCUT2D eigenvalue weighted by Crippen LogP contribution is -2.46. The van der Waals surface area contributed by atoms with E-state index >= 15 is 0 Å². The van der Waals surface area contributed by atoms with Crippen molar-refractivity contribution in [1.29, 1.82) is 0 Å². The Labute approximate surface area is 136 Å². The van der Waals surface area contributed by atoms with Crippen molar-refractivity contribution >= 4 is 11.5 Å². The molecule has 0 unspecified atom stereocenters. The molecule has 1 aromatic heterocycles. The summed E-state index contributed by atoms with van der Waals surface area (Å²) in [7, 11) is 3.64. The van der Waals surface area contributed by atoms with Gasteiger partial charge in [0, 0.05) is 19.2 Å². The maximum absolute atomic E-state index is 11.0. The summed E-state index contributed by atoms with van der Waals surface area (Å²) < 4.78 is 5.15. The van der Waals surface area contributed by atoms with E-state index in [4.69, 9.17) is 4.74 Å². The van der Waals surface area contributed by atoms with Gasteiger partial charge < -0.3 is 14.5 Å². The fourth-order valence-electron chi connectivity index (χ4n) is 3.70. The van der Waals surface area contributed by atoms with Crippen LogP contribution in [0.3, 0.4) is 0 Å². The first-order valence-electron chi connectivity index (χ1n) is 8.15. The maximum atomic E-state index is 11.0. The molecule has 2 saturated heterocycles. The predicted octanol–water partition coefficient (Wildman–Crippen LogP) is 2.31. The van der Waals surface area contributed by atoms with Crippen LogP contribution in [-0.4, -0.2) is 55.1 Å². The molecule has 1 aromatic rings. The second-order valence-electron chi connectivity index (χ2n) is 6.76. The molecular formula is C16H24N4O3. The first-order chi connectivity index (χ1) is 11.0. The van der Waals surface area contributed by atoms with E-state index in [0.29, 0.717) is 5.41 Å². The highest BCUT2D eigenvalue weighted by Gasteiger charge is 2.37. The molecule has 0 aliphatic carbocycles. The molecule has 0 aromatic carbocycles. The van der Waals surface area contributed by atoms with Gasteiger partial charge in [0.25, 0.3) is 0 Å². The number of hydrogen-bond acceptors (Lipinski definition) is 6. The molecule has 2 aliphatic rings. The first-order valence-corrected chi connectivity index (χ1v) is 8.15. The molecule has 2 aliphatic heterocycles. The van der Waals surface area contributed by atoms with E-state index in [2.05, 4.69) is 21.8 Å². The molecule has 0 amide bonds. The van der Waals surface area contributed by atoms with Crippen molar-refractivity contribution in [2.75, 3.05) is 45.2 Å². The lowest BCUT2D eigenvalue weighted by atomic mass is 9.71. The van der Waals surface area contributed by atoms with Crippen molar-refractivity contribution in [1.82, 2.24) is 9.88 Å². The second-order valence-corrected chi connectivity index (χ2v) is 6.76. The van der Waals surface area contributed by atoms with Crippen molar-refractivity contribution in [3.63, 3.8) is 0 Å². The molecule has 7 heteroatoms. The van der Waals surface area contributed by atoms with Crippen LogP contribution in [0.1, 0.15) is 25.7 Å². The standard InChI is InChI=1S/C16H24N4O3/c1-18-7-3-16(4-8-18)5-9-19(10-6-16)15-11-14(23-2)13(12-17-15)20(21)22/h11-12H,3-10H2,1-2H3. The van der Waals surface area contributed by atoms with Crippen LogP contribution < -0.4 is 9.64 Å². The summed E-state index contributed by atoms with van der Waals surface area (Å²) in [4.78, 5) is 19.4. The smallest absolute Gasteiger partial charge is 0.329 e. The van der Waals surface area contributed by atoms with Crippen LogP contribution in [0.15, 0.2) is 12.3 Å². The largest absolute Gasteiger partial charge is 0.490 e. The van der Waals surface area contributed by atoms with Gasteiger partial charge in [-0.2, -0.15) is 0 Å². The average molecular weight is 320 g/mol. The van der Waals surface area contributed by atoms with Gasteiger partial charge in [-0.15, -0.1) is 0 Å². The fourth-order valence-corrected chi connectivity index (χ4v) is 3.70. The Morgan fingerprint density at radius 1 is 1.22 bits per heavy atom. The number of likely N-dealkylation sites (tertiary alicyclic amines) is 1. The molecule has 0 N–H and O–H groups in total. The molecule has 1 spiro atoms. The van der Waals surface area contributed by atoms with E-state index in [9.17, 15) is 10.1 Å². The third kappa shape index (κ3) is 3.24. The third-order valence-electron chi connectivity index (χ3n) is 5.44. The van der Waals surface area contributed by atoms with Gasteiger partial charge >= 0.3 is 5.69 Å². The lowest BCUT2D eigenvalue weighted by molar-refractivity contribution is -0.386. The van der Waals surface area contributed by atoms with Crippen LogP contribution in [0.2, 0.25) is 0 Å². The molecule has 0 radical (unpaired) electrons. The topological polar surface area (TPSA) is 71.7 Å². The number of piperidine rings is 2. The number of pyridine rings is 1.